The number of likely N-dealkylation sites (tertiary alicyclic amines) is 2. The number of benzene rings is 1. The lowest BCUT2D eigenvalue weighted by Gasteiger charge is -2.28. The summed E-state index contributed by atoms with van der Waals surface area (Å²) in [5.74, 6) is -0.324. The molecule has 1 aromatic carbocycles. The average molecular weight is 426 g/mol. The third-order valence-corrected chi connectivity index (χ3v) is 7.29. The molecule has 0 radical (unpaired) electrons. The van der Waals surface area contributed by atoms with Crippen LogP contribution in [0.3, 0.4) is 0 Å². The van der Waals surface area contributed by atoms with Crippen LogP contribution in [-0.4, -0.2) is 61.3 Å². The van der Waals surface area contributed by atoms with E-state index in [4.69, 9.17) is 0 Å². The lowest BCUT2D eigenvalue weighted by molar-refractivity contribution is -0.136. The molecule has 2 saturated heterocycles. The number of carbonyl (C=O) groups is 3. The predicted octanol–water partition coefficient (Wildman–Crippen LogP) is 2.40. The number of nitrogens with one attached hydrogen (secondary N) is 1. The van der Waals surface area contributed by atoms with Crippen LogP contribution in [0.1, 0.15) is 18.4 Å². The molecule has 3 amide bonds. The Balaban J connectivity index is 1.49. The lowest BCUT2D eigenvalue weighted by Crippen LogP contribution is -2.45. The van der Waals surface area contributed by atoms with E-state index in [1.807, 2.05) is 6.07 Å². The van der Waals surface area contributed by atoms with Crippen LogP contribution in [0.4, 0.5) is 0 Å². The van der Waals surface area contributed by atoms with Crippen molar-refractivity contribution in [2.75, 3.05) is 33.7 Å². The summed E-state index contributed by atoms with van der Waals surface area (Å²) in [6.45, 7) is 1.41. The van der Waals surface area contributed by atoms with Crippen LogP contribution in [0.5, 0.6) is 0 Å². The summed E-state index contributed by atoms with van der Waals surface area (Å²) in [5, 5.41) is 4.87. The van der Waals surface area contributed by atoms with Gasteiger partial charge in [0.2, 0.25) is 17.7 Å². The number of nitrogens with zero attached hydrogens (tertiary/aromatic N) is 2. The van der Waals surface area contributed by atoms with Crippen LogP contribution in [0.2, 0.25) is 0 Å². The molecule has 2 aromatic rings. The summed E-state index contributed by atoms with van der Waals surface area (Å²) >= 11 is 1.70. The third kappa shape index (κ3) is 3.86. The van der Waals surface area contributed by atoms with Crippen molar-refractivity contribution in [1.82, 2.24) is 15.1 Å². The Kier molecular flexibility index (Phi) is 5.64. The van der Waals surface area contributed by atoms with E-state index in [-0.39, 0.29) is 30.1 Å². The fourth-order valence-corrected chi connectivity index (χ4v) is 5.38. The number of thiophene rings is 1. The maximum Gasteiger partial charge on any atom is 0.228 e. The van der Waals surface area contributed by atoms with Gasteiger partial charge in [-0.2, -0.15) is 0 Å². The fraction of sp³-hybridized carbons (Fsp3) is 0.435. The summed E-state index contributed by atoms with van der Waals surface area (Å²) in [5.41, 5.74) is 1.62. The molecule has 1 N–H and O–H groups in total. The Bertz CT molecular complexity index is 941. The highest BCUT2D eigenvalue weighted by molar-refractivity contribution is 7.13. The Hall–Kier alpha value is -2.67. The zero-order valence-electron chi connectivity index (χ0n) is 17.4. The second-order valence-electron chi connectivity index (χ2n) is 8.40. The second-order valence-corrected chi connectivity index (χ2v) is 9.34. The zero-order chi connectivity index (χ0) is 21.3. The first kappa shape index (κ1) is 20.6. The number of amides is 3. The van der Waals surface area contributed by atoms with E-state index < -0.39 is 5.41 Å². The molecular formula is C23H27N3O3S. The highest BCUT2D eigenvalue weighted by Crippen LogP contribution is 2.36. The van der Waals surface area contributed by atoms with Gasteiger partial charge >= 0.3 is 0 Å². The smallest absolute Gasteiger partial charge is 0.228 e. The van der Waals surface area contributed by atoms with Crippen LogP contribution in [-0.2, 0) is 20.8 Å². The van der Waals surface area contributed by atoms with Gasteiger partial charge in [0.25, 0.3) is 0 Å². The summed E-state index contributed by atoms with van der Waals surface area (Å²) in [7, 11) is 3.38. The van der Waals surface area contributed by atoms with Crippen molar-refractivity contribution in [2.24, 2.45) is 11.3 Å². The molecule has 4 rings (SSSR count). The summed E-state index contributed by atoms with van der Waals surface area (Å²) < 4.78 is 0. The number of hydrogen-bond acceptors (Lipinski definition) is 4. The molecule has 2 aliphatic heterocycles. The zero-order valence-corrected chi connectivity index (χ0v) is 18.2. The number of carbonyl (C=O) groups excluding carboxylic acids is 3. The van der Waals surface area contributed by atoms with Crippen molar-refractivity contribution < 1.29 is 14.4 Å². The van der Waals surface area contributed by atoms with E-state index in [0.717, 1.165) is 5.56 Å². The van der Waals surface area contributed by atoms with Gasteiger partial charge in [-0.1, -0.05) is 30.3 Å². The molecule has 158 valence electrons. The molecule has 6 nitrogen and oxygen atoms in total. The summed E-state index contributed by atoms with van der Waals surface area (Å²) in [6, 6.07) is 12.5. The summed E-state index contributed by atoms with van der Waals surface area (Å²) in [6.07, 6.45) is 1.48. The van der Waals surface area contributed by atoms with Crippen LogP contribution < -0.4 is 5.32 Å². The molecule has 30 heavy (non-hydrogen) atoms. The number of rotatable bonds is 5. The Morgan fingerprint density at radius 1 is 1.23 bits per heavy atom. The van der Waals surface area contributed by atoms with Crippen molar-refractivity contribution in [3.63, 3.8) is 0 Å². The van der Waals surface area contributed by atoms with Crippen molar-refractivity contribution in [3.05, 3.63) is 47.3 Å². The maximum atomic E-state index is 13.0. The van der Waals surface area contributed by atoms with Gasteiger partial charge < -0.3 is 15.1 Å². The monoisotopic (exact) mass is 425 g/mol. The van der Waals surface area contributed by atoms with Crippen molar-refractivity contribution in [1.29, 1.82) is 0 Å². The van der Waals surface area contributed by atoms with Crippen LogP contribution in [0.25, 0.3) is 10.4 Å². The normalized spacial score (nSPS) is 23.8. The maximum absolute atomic E-state index is 13.0. The molecule has 2 aliphatic rings. The van der Waals surface area contributed by atoms with Crippen LogP contribution in [0.15, 0.2) is 41.8 Å². The molecule has 0 spiro atoms. The van der Waals surface area contributed by atoms with E-state index in [0.29, 0.717) is 32.5 Å². The van der Waals surface area contributed by atoms with E-state index >= 15 is 0 Å². The fourth-order valence-electron chi connectivity index (χ4n) is 4.64. The molecule has 2 fully saturated rings. The molecule has 0 aliphatic carbocycles. The molecule has 1 aromatic heterocycles. The largest absolute Gasteiger partial charge is 0.359 e. The van der Waals surface area contributed by atoms with E-state index in [1.54, 1.807) is 35.2 Å². The first-order valence-electron chi connectivity index (χ1n) is 10.3. The molecule has 0 saturated carbocycles. The minimum Gasteiger partial charge on any atom is -0.359 e. The first-order valence-corrected chi connectivity index (χ1v) is 11.2. The molecule has 7 heteroatoms. The quantitative estimate of drug-likeness (QED) is 0.800. The molecular weight excluding hydrogens is 398 g/mol. The van der Waals surface area contributed by atoms with Crippen molar-refractivity contribution in [3.8, 4) is 10.4 Å². The van der Waals surface area contributed by atoms with E-state index in [9.17, 15) is 14.4 Å². The van der Waals surface area contributed by atoms with Gasteiger partial charge in [0.1, 0.15) is 0 Å². The second kappa shape index (κ2) is 8.22. The molecule has 0 unspecified atom stereocenters. The highest BCUT2D eigenvalue weighted by atomic mass is 32.1. The molecule has 3 heterocycles. The lowest BCUT2D eigenvalue weighted by atomic mass is 9.79. The Morgan fingerprint density at radius 2 is 2.00 bits per heavy atom. The van der Waals surface area contributed by atoms with Gasteiger partial charge in [-0.15, -0.1) is 11.3 Å². The van der Waals surface area contributed by atoms with Crippen molar-refractivity contribution in [2.45, 2.75) is 19.3 Å². The van der Waals surface area contributed by atoms with Gasteiger partial charge in [-0.25, -0.2) is 0 Å². The molecule has 0 bridgehead atoms. The van der Waals surface area contributed by atoms with Crippen LogP contribution in [0, 0.1) is 11.3 Å². The first-order chi connectivity index (χ1) is 14.4. The van der Waals surface area contributed by atoms with Gasteiger partial charge in [0.05, 0.1) is 11.3 Å². The van der Waals surface area contributed by atoms with Gasteiger partial charge in [0.15, 0.2) is 0 Å². The molecule has 2 atom stereocenters. The highest BCUT2D eigenvalue weighted by Gasteiger charge is 2.47. The number of hydrogen-bond donors (Lipinski definition) is 1. The van der Waals surface area contributed by atoms with Gasteiger partial charge in [-0.3, -0.25) is 14.4 Å². The minimum atomic E-state index is -0.636. The van der Waals surface area contributed by atoms with Gasteiger partial charge in [0, 0.05) is 45.0 Å². The Morgan fingerprint density at radius 3 is 2.60 bits per heavy atom. The SMILES string of the molecule is CNC(=O)[C@]1(Cc2ccc(-c3cccs3)cc2)CCN(C(=O)[C@@H]2CC(=O)N(C)C2)C1. The van der Waals surface area contributed by atoms with E-state index in [1.165, 1.54) is 10.4 Å². The topological polar surface area (TPSA) is 69.7 Å². The average Bonchev–Trinajstić information content (AvgIpc) is 3.49. The van der Waals surface area contributed by atoms with E-state index in [2.05, 4.69) is 41.0 Å². The van der Waals surface area contributed by atoms with Crippen LogP contribution >= 0.6 is 11.3 Å². The third-order valence-electron chi connectivity index (χ3n) is 6.37. The summed E-state index contributed by atoms with van der Waals surface area (Å²) in [4.78, 5) is 42.3. The standard InChI is InChI=1S/C23H27N3O3S/c1-24-22(29)23(13-16-5-7-17(8-6-16)19-4-3-11-30-19)9-10-26(15-23)21(28)18-12-20(27)25(2)14-18/h3-8,11,18H,9-10,12-15H2,1-2H3,(H,24,29)/t18-,23+/m1/s1. The predicted molar refractivity (Wildman–Crippen MR) is 117 cm³/mol. The van der Waals surface area contributed by atoms with Crippen molar-refractivity contribution >= 4 is 29.1 Å². The van der Waals surface area contributed by atoms with Gasteiger partial charge in [-0.05, 0) is 35.4 Å². The minimum absolute atomic E-state index is 0.00785. The Labute approximate surface area is 180 Å².